The van der Waals surface area contributed by atoms with Gasteiger partial charge in [-0.05, 0) is 38.1 Å². The first kappa shape index (κ1) is 14.8. The Morgan fingerprint density at radius 2 is 2.05 bits per heavy atom. The number of rotatable bonds is 7. The van der Waals surface area contributed by atoms with Gasteiger partial charge in [0.05, 0.1) is 12.3 Å². The minimum atomic E-state index is 0.161. The van der Waals surface area contributed by atoms with Gasteiger partial charge in [-0.25, -0.2) is 0 Å². The van der Waals surface area contributed by atoms with Crippen molar-refractivity contribution < 1.29 is 4.74 Å². The van der Waals surface area contributed by atoms with Crippen molar-refractivity contribution in [3.05, 3.63) is 43.1 Å². The molecule has 0 bridgehead atoms. The van der Waals surface area contributed by atoms with Gasteiger partial charge >= 0.3 is 0 Å². The van der Waals surface area contributed by atoms with Crippen molar-refractivity contribution in [1.29, 1.82) is 0 Å². The maximum absolute atomic E-state index is 5.60. The molecule has 0 radical (unpaired) electrons. The summed E-state index contributed by atoms with van der Waals surface area (Å²) in [6.07, 6.45) is 3.46. The van der Waals surface area contributed by atoms with E-state index in [0.29, 0.717) is 18.3 Å². The summed E-state index contributed by atoms with van der Waals surface area (Å²) >= 11 is 0. The van der Waals surface area contributed by atoms with Crippen LogP contribution >= 0.6 is 0 Å². The first-order chi connectivity index (χ1) is 10.2. The van der Waals surface area contributed by atoms with E-state index in [4.69, 9.17) is 4.74 Å². The van der Waals surface area contributed by atoms with E-state index in [1.54, 1.807) is 12.3 Å². The van der Waals surface area contributed by atoms with Crippen molar-refractivity contribution in [1.82, 2.24) is 15.2 Å². The summed E-state index contributed by atoms with van der Waals surface area (Å²) in [7, 11) is 0. The van der Waals surface area contributed by atoms with Crippen molar-refractivity contribution in [2.45, 2.75) is 20.0 Å². The lowest BCUT2D eigenvalue weighted by molar-refractivity contribution is 0.242. The molecule has 0 spiro atoms. The molecule has 0 atom stereocenters. The van der Waals surface area contributed by atoms with Gasteiger partial charge in [0.1, 0.15) is 5.75 Å². The number of anilines is 3. The highest BCUT2D eigenvalue weighted by Gasteiger charge is 2.02. The smallest absolute Gasteiger partial charge is 0.244 e. The van der Waals surface area contributed by atoms with E-state index < -0.39 is 0 Å². The largest absolute Gasteiger partial charge is 0.491 e. The lowest BCUT2D eigenvalue weighted by Gasteiger charge is -2.11. The zero-order chi connectivity index (χ0) is 15.1. The lowest BCUT2D eigenvalue weighted by Crippen LogP contribution is -2.06. The maximum Gasteiger partial charge on any atom is 0.244 e. The molecule has 1 aromatic carbocycles. The number of hydrogen-bond donors (Lipinski definition) is 2. The number of hydrogen-bond acceptors (Lipinski definition) is 6. The van der Waals surface area contributed by atoms with Gasteiger partial charge in [0, 0.05) is 12.2 Å². The molecule has 0 saturated heterocycles. The molecule has 0 fully saturated rings. The van der Waals surface area contributed by atoms with Gasteiger partial charge < -0.3 is 15.4 Å². The molecule has 2 rings (SSSR count). The molecule has 1 heterocycles. The third-order valence-corrected chi connectivity index (χ3v) is 2.46. The van der Waals surface area contributed by atoms with E-state index in [1.807, 2.05) is 38.1 Å². The fourth-order valence-electron chi connectivity index (χ4n) is 1.64. The fraction of sp³-hybridized carbons (Fsp3) is 0.267. The Hall–Kier alpha value is -2.63. The van der Waals surface area contributed by atoms with Crippen molar-refractivity contribution in [3.63, 3.8) is 0 Å². The van der Waals surface area contributed by atoms with Gasteiger partial charge in [0.25, 0.3) is 0 Å². The zero-order valence-corrected chi connectivity index (χ0v) is 12.2. The molecule has 6 nitrogen and oxygen atoms in total. The minimum Gasteiger partial charge on any atom is -0.491 e. The van der Waals surface area contributed by atoms with Crippen molar-refractivity contribution >= 4 is 17.5 Å². The third-order valence-electron chi connectivity index (χ3n) is 2.46. The summed E-state index contributed by atoms with van der Waals surface area (Å²) in [4.78, 5) is 4.30. The topological polar surface area (TPSA) is 72.0 Å². The normalized spacial score (nSPS) is 10.2. The van der Waals surface area contributed by atoms with Crippen LogP contribution in [0.25, 0.3) is 0 Å². The Bertz CT molecular complexity index is 583. The van der Waals surface area contributed by atoms with Crippen LogP contribution in [-0.4, -0.2) is 27.8 Å². The van der Waals surface area contributed by atoms with Crippen LogP contribution in [0.5, 0.6) is 5.75 Å². The van der Waals surface area contributed by atoms with Crippen molar-refractivity contribution in [3.8, 4) is 5.75 Å². The first-order valence-corrected chi connectivity index (χ1v) is 6.75. The summed E-state index contributed by atoms with van der Waals surface area (Å²) in [5.41, 5.74) is 0.904. The average Bonchev–Trinajstić information content (AvgIpc) is 2.47. The van der Waals surface area contributed by atoms with Gasteiger partial charge in [-0.2, -0.15) is 10.1 Å². The standard InChI is InChI=1S/C15H19N5O/c1-4-9-16-15-19-14(10-17-20-15)18-12-5-7-13(8-6-12)21-11(2)3/h4-8,10-11H,1,9H2,2-3H3,(H2,16,18,19,20). The molecular formula is C15H19N5O. The van der Waals surface area contributed by atoms with Crippen molar-refractivity contribution in [2.24, 2.45) is 0 Å². The van der Waals surface area contributed by atoms with Crippen LogP contribution in [0.15, 0.2) is 43.1 Å². The molecule has 21 heavy (non-hydrogen) atoms. The van der Waals surface area contributed by atoms with Crippen LogP contribution < -0.4 is 15.4 Å². The molecule has 2 aromatic rings. The Morgan fingerprint density at radius 3 is 2.71 bits per heavy atom. The van der Waals surface area contributed by atoms with Crippen LogP contribution in [0.4, 0.5) is 17.5 Å². The predicted molar refractivity (Wildman–Crippen MR) is 84.0 cm³/mol. The molecule has 0 aliphatic rings. The number of benzene rings is 1. The average molecular weight is 285 g/mol. The second kappa shape index (κ2) is 7.23. The Kier molecular flexibility index (Phi) is 5.09. The van der Waals surface area contributed by atoms with Crippen LogP contribution in [0, 0.1) is 0 Å². The van der Waals surface area contributed by atoms with E-state index >= 15 is 0 Å². The quantitative estimate of drug-likeness (QED) is 0.762. The monoisotopic (exact) mass is 285 g/mol. The Labute approximate surface area is 124 Å². The molecule has 0 unspecified atom stereocenters. The maximum atomic E-state index is 5.60. The van der Waals surface area contributed by atoms with E-state index in [9.17, 15) is 0 Å². The highest BCUT2D eigenvalue weighted by molar-refractivity contribution is 5.57. The molecular weight excluding hydrogens is 266 g/mol. The summed E-state index contributed by atoms with van der Waals surface area (Å²) in [5.74, 6) is 1.92. The van der Waals surface area contributed by atoms with Crippen molar-refractivity contribution in [2.75, 3.05) is 17.2 Å². The zero-order valence-electron chi connectivity index (χ0n) is 12.2. The summed E-state index contributed by atoms with van der Waals surface area (Å²) in [6, 6.07) is 7.68. The first-order valence-electron chi connectivity index (χ1n) is 6.75. The van der Waals surface area contributed by atoms with Gasteiger partial charge in [-0.15, -0.1) is 11.7 Å². The Morgan fingerprint density at radius 1 is 1.29 bits per heavy atom. The van der Waals surface area contributed by atoms with Gasteiger partial charge in [0.2, 0.25) is 5.95 Å². The molecule has 6 heteroatoms. The van der Waals surface area contributed by atoms with Gasteiger partial charge in [-0.3, -0.25) is 0 Å². The SMILES string of the molecule is C=CCNc1nncc(Nc2ccc(OC(C)C)cc2)n1. The van der Waals surface area contributed by atoms with Crippen LogP contribution in [0.3, 0.4) is 0 Å². The third kappa shape index (κ3) is 4.76. The van der Waals surface area contributed by atoms with E-state index in [1.165, 1.54) is 0 Å². The second-order valence-corrected chi connectivity index (χ2v) is 4.65. The second-order valence-electron chi connectivity index (χ2n) is 4.65. The highest BCUT2D eigenvalue weighted by atomic mass is 16.5. The summed E-state index contributed by atoms with van der Waals surface area (Å²) in [6.45, 7) is 8.21. The molecule has 0 aliphatic carbocycles. The van der Waals surface area contributed by atoms with E-state index in [2.05, 4.69) is 32.4 Å². The minimum absolute atomic E-state index is 0.161. The number of ether oxygens (including phenoxy) is 1. The summed E-state index contributed by atoms with van der Waals surface area (Å²) < 4.78 is 5.60. The number of nitrogens with zero attached hydrogens (tertiary/aromatic N) is 3. The predicted octanol–water partition coefficient (Wildman–Crippen LogP) is 3.00. The molecule has 110 valence electrons. The molecule has 0 aliphatic heterocycles. The van der Waals surface area contributed by atoms with Gasteiger partial charge in [0.15, 0.2) is 5.82 Å². The van der Waals surface area contributed by atoms with Crippen LogP contribution in [-0.2, 0) is 0 Å². The van der Waals surface area contributed by atoms with Gasteiger partial charge in [-0.1, -0.05) is 6.08 Å². The highest BCUT2D eigenvalue weighted by Crippen LogP contribution is 2.19. The molecule has 1 aromatic heterocycles. The fourth-order valence-corrected chi connectivity index (χ4v) is 1.64. The number of nitrogens with one attached hydrogen (secondary N) is 2. The molecule has 0 saturated carbocycles. The summed E-state index contributed by atoms with van der Waals surface area (Å²) in [5, 5.41) is 13.9. The molecule has 0 amide bonds. The molecule has 2 N–H and O–H groups in total. The van der Waals surface area contributed by atoms with E-state index in [0.717, 1.165) is 11.4 Å². The number of aromatic nitrogens is 3. The van der Waals surface area contributed by atoms with Crippen LogP contribution in [0.2, 0.25) is 0 Å². The van der Waals surface area contributed by atoms with Crippen LogP contribution in [0.1, 0.15) is 13.8 Å². The van der Waals surface area contributed by atoms with E-state index in [-0.39, 0.29) is 6.10 Å². The lowest BCUT2D eigenvalue weighted by atomic mass is 10.3. The Balaban J connectivity index is 2.02.